The van der Waals surface area contributed by atoms with Crippen LogP contribution in [-0.2, 0) is 19.6 Å². The van der Waals surface area contributed by atoms with Gasteiger partial charge in [-0.05, 0) is 50.8 Å². The van der Waals surface area contributed by atoms with E-state index in [0.717, 1.165) is 38.3 Å². The molecule has 5 nitrogen and oxygen atoms in total. The Balaban J connectivity index is 1.43. The average Bonchev–Trinajstić information content (AvgIpc) is 3.06. The molecule has 2 aliphatic rings. The molecule has 3 aromatic rings. The Kier molecular flexibility index (Phi) is 4.29. The van der Waals surface area contributed by atoms with E-state index in [4.69, 9.17) is 4.42 Å². The van der Waals surface area contributed by atoms with E-state index < -0.39 is 0 Å². The smallest absolute Gasteiger partial charge is 0.134 e. The monoisotopic (exact) mass is 364 g/mol. The minimum Gasteiger partial charge on any atom is -0.464 e. The van der Waals surface area contributed by atoms with Crippen molar-refractivity contribution < 1.29 is 4.42 Å². The number of benzene rings is 1. The van der Waals surface area contributed by atoms with Crippen molar-refractivity contribution in [3.8, 4) is 0 Å². The molecule has 1 aliphatic carbocycles. The molecule has 1 saturated carbocycles. The molecule has 142 valence electrons. The van der Waals surface area contributed by atoms with E-state index in [9.17, 15) is 0 Å². The molecule has 0 amide bonds. The summed E-state index contributed by atoms with van der Waals surface area (Å²) in [7, 11) is 0. The zero-order chi connectivity index (χ0) is 18.3. The fourth-order valence-corrected chi connectivity index (χ4v) is 4.92. The molecule has 1 aromatic carbocycles. The molecule has 3 heterocycles. The molecule has 2 fully saturated rings. The number of nitrogens with zero attached hydrogens (tertiary/aromatic N) is 3. The third kappa shape index (κ3) is 3.09. The molecule has 1 atom stereocenters. The molecule has 1 saturated heterocycles. The minimum atomic E-state index is 0.508. The van der Waals surface area contributed by atoms with Gasteiger partial charge in [0, 0.05) is 42.5 Å². The van der Waals surface area contributed by atoms with Gasteiger partial charge in [0.2, 0.25) is 0 Å². The number of imidazole rings is 1. The summed E-state index contributed by atoms with van der Waals surface area (Å²) in [6.45, 7) is 7.29. The van der Waals surface area contributed by atoms with Crippen LogP contribution in [0.1, 0.15) is 37.6 Å². The average molecular weight is 364 g/mol. The Hall–Kier alpha value is -2.11. The van der Waals surface area contributed by atoms with Crippen molar-refractivity contribution in [2.45, 2.75) is 51.9 Å². The van der Waals surface area contributed by atoms with Crippen LogP contribution in [0.5, 0.6) is 0 Å². The van der Waals surface area contributed by atoms with Crippen LogP contribution in [0, 0.1) is 5.41 Å². The Morgan fingerprint density at radius 1 is 1.26 bits per heavy atom. The van der Waals surface area contributed by atoms with Crippen LogP contribution in [0.3, 0.4) is 0 Å². The highest BCUT2D eigenvalue weighted by molar-refractivity contribution is 5.80. The predicted molar refractivity (Wildman–Crippen MR) is 106 cm³/mol. The molecule has 1 spiro atoms. The zero-order valence-corrected chi connectivity index (χ0v) is 16.0. The molecule has 1 N–H and O–H groups in total. The summed E-state index contributed by atoms with van der Waals surface area (Å²) < 4.78 is 8.07. The van der Waals surface area contributed by atoms with Crippen LogP contribution in [0.2, 0.25) is 0 Å². The molecular formula is C22H28N4O. The van der Waals surface area contributed by atoms with Gasteiger partial charge < -0.3 is 14.3 Å². The Morgan fingerprint density at radius 2 is 2.11 bits per heavy atom. The maximum atomic E-state index is 5.81. The molecule has 0 unspecified atom stereocenters. The normalized spacial score (nSPS) is 21.3. The molecule has 27 heavy (non-hydrogen) atoms. The van der Waals surface area contributed by atoms with E-state index in [0.29, 0.717) is 11.5 Å². The highest BCUT2D eigenvalue weighted by Crippen LogP contribution is 2.56. The molecule has 0 bridgehead atoms. The first-order chi connectivity index (χ1) is 13.3. The lowest BCUT2D eigenvalue weighted by atomic mass is 9.93. The highest BCUT2D eigenvalue weighted by Gasteiger charge is 2.56. The summed E-state index contributed by atoms with van der Waals surface area (Å²) >= 11 is 0. The van der Waals surface area contributed by atoms with Gasteiger partial charge in [-0.2, -0.15) is 0 Å². The maximum Gasteiger partial charge on any atom is 0.134 e. The fraction of sp³-hybridized carbons (Fsp3) is 0.500. The standard InChI is InChI=1S/C22H28N4O/c1-2-25-12-11-24-21(25)15-26(20-13-22(20)7-9-23-10-8-22)14-17-16-27-19-6-4-3-5-18(17)19/h3-6,11-12,16,20,23H,2,7-10,13-15H2,1H3/t20-/m1/s1. The Labute approximate surface area is 160 Å². The van der Waals surface area contributed by atoms with Crippen molar-refractivity contribution in [3.63, 3.8) is 0 Å². The van der Waals surface area contributed by atoms with Crippen molar-refractivity contribution in [1.82, 2.24) is 19.8 Å². The summed E-state index contributed by atoms with van der Waals surface area (Å²) in [5.41, 5.74) is 2.78. The third-order valence-corrected chi connectivity index (χ3v) is 6.61. The van der Waals surface area contributed by atoms with Crippen LogP contribution in [-0.4, -0.2) is 33.6 Å². The first-order valence-electron chi connectivity index (χ1n) is 10.2. The van der Waals surface area contributed by atoms with Crippen LogP contribution in [0.25, 0.3) is 11.0 Å². The molecule has 5 rings (SSSR count). The van der Waals surface area contributed by atoms with E-state index in [1.807, 2.05) is 18.5 Å². The summed E-state index contributed by atoms with van der Waals surface area (Å²) in [6.07, 6.45) is 9.87. The van der Waals surface area contributed by atoms with Gasteiger partial charge in [-0.1, -0.05) is 18.2 Å². The predicted octanol–water partition coefficient (Wildman–Crippen LogP) is 3.79. The molecule has 2 aromatic heterocycles. The van der Waals surface area contributed by atoms with Crippen LogP contribution in [0.15, 0.2) is 47.3 Å². The second kappa shape index (κ2) is 6.80. The van der Waals surface area contributed by atoms with E-state index in [-0.39, 0.29) is 0 Å². The SMILES string of the molecule is CCn1ccnc1CN(Cc1coc2ccccc12)[C@@H]1CC12CCNCC2. The van der Waals surface area contributed by atoms with Gasteiger partial charge in [0.25, 0.3) is 0 Å². The number of fused-ring (bicyclic) bond motifs is 1. The second-order valence-corrected chi connectivity index (χ2v) is 8.12. The zero-order valence-electron chi connectivity index (χ0n) is 16.0. The van der Waals surface area contributed by atoms with E-state index in [2.05, 4.69) is 51.1 Å². The van der Waals surface area contributed by atoms with Gasteiger partial charge in [-0.25, -0.2) is 4.98 Å². The van der Waals surface area contributed by atoms with Crippen molar-refractivity contribution >= 4 is 11.0 Å². The summed E-state index contributed by atoms with van der Waals surface area (Å²) in [6, 6.07) is 9.01. The number of rotatable bonds is 6. The lowest BCUT2D eigenvalue weighted by molar-refractivity contribution is 0.182. The number of aryl methyl sites for hydroxylation is 1. The fourth-order valence-electron chi connectivity index (χ4n) is 4.92. The molecule has 1 aliphatic heterocycles. The number of piperidine rings is 1. The number of hydrogen-bond acceptors (Lipinski definition) is 4. The number of para-hydroxylation sites is 1. The van der Waals surface area contributed by atoms with Gasteiger partial charge in [0.05, 0.1) is 12.8 Å². The van der Waals surface area contributed by atoms with Crippen LogP contribution in [0.4, 0.5) is 0 Å². The minimum absolute atomic E-state index is 0.508. The van der Waals surface area contributed by atoms with Gasteiger partial charge in [-0.15, -0.1) is 0 Å². The molecule has 0 radical (unpaired) electrons. The van der Waals surface area contributed by atoms with E-state index >= 15 is 0 Å². The maximum absolute atomic E-state index is 5.81. The van der Waals surface area contributed by atoms with E-state index in [1.165, 1.54) is 36.0 Å². The van der Waals surface area contributed by atoms with Gasteiger partial charge in [0.1, 0.15) is 11.4 Å². The highest BCUT2D eigenvalue weighted by atomic mass is 16.3. The van der Waals surface area contributed by atoms with Gasteiger partial charge >= 0.3 is 0 Å². The third-order valence-electron chi connectivity index (χ3n) is 6.61. The van der Waals surface area contributed by atoms with Crippen LogP contribution >= 0.6 is 0 Å². The molecule has 5 heteroatoms. The first-order valence-corrected chi connectivity index (χ1v) is 10.2. The topological polar surface area (TPSA) is 46.2 Å². The van der Waals surface area contributed by atoms with Crippen molar-refractivity contribution in [1.29, 1.82) is 0 Å². The summed E-state index contributed by atoms with van der Waals surface area (Å²) in [4.78, 5) is 7.30. The lowest BCUT2D eigenvalue weighted by Gasteiger charge is -2.29. The van der Waals surface area contributed by atoms with Crippen molar-refractivity contribution in [3.05, 3.63) is 54.3 Å². The number of furan rings is 1. The molecular weight excluding hydrogens is 336 g/mol. The summed E-state index contributed by atoms with van der Waals surface area (Å²) in [5, 5.41) is 4.76. The number of aromatic nitrogens is 2. The summed E-state index contributed by atoms with van der Waals surface area (Å²) in [5.74, 6) is 1.17. The quantitative estimate of drug-likeness (QED) is 0.723. The largest absolute Gasteiger partial charge is 0.464 e. The number of nitrogens with one attached hydrogen (secondary N) is 1. The lowest BCUT2D eigenvalue weighted by Crippen LogP contribution is -2.36. The van der Waals surface area contributed by atoms with Gasteiger partial charge in [0.15, 0.2) is 0 Å². The van der Waals surface area contributed by atoms with Crippen molar-refractivity contribution in [2.24, 2.45) is 5.41 Å². The van der Waals surface area contributed by atoms with Crippen molar-refractivity contribution in [2.75, 3.05) is 13.1 Å². The van der Waals surface area contributed by atoms with E-state index in [1.54, 1.807) is 0 Å². The van der Waals surface area contributed by atoms with Crippen LogP contribution < -0.4 is 5.32 Å². The Bertz CT molecular complexity index is 921. The van der Waals surface area contributed by atoms with Gasteiger partial charge in [-0.3, -0.25) is 4.90 Å². The first kappa shape index (κ1) is 17.0. The number of hydrogen-bond donors (Lipinski definition) is 1. The second-order valence-electron chi connectivity index (χ2n) is 8.12. The Morgan fingerprint density at radius 3 is 2.96 bits per heavy atom.